The second kappa shape index (κ2) is 6.78. The molecule has 1 aliphatic rings. The molecule has 1 fully saturated rings. The fourth-order valence-electron chi connectivity index (χ4n) is 2.55. The number of ether oxygens (including phenoxy) is 1. The topological polar surface area (TPSA) is 29.5 Å². The minimum atomic E-state index is -0.131. The van der Waals surface area contributed by atoms with Crippen molar-refractivity contribution in [2.24, 2.45) is 0 Å². The molecule has 1 aromatic rings. The van der Waals surface area contributed by atoms with E-state index in [9.17, 15) is 4.79 Å². The van der Waals surface area contributed by atoms with Gasteiger partial charge in [0.2, 0.25) is 0 Å². The van der Waals surface area contributed by atoms with Gasteiger partial charge in [0.25, 0.3) is 5.91 Å². The molecule has 1 amide bonds. The molecule has 1 saturated heterocycles. The van der Waals surface area contributed by atoms with Crippen LogP contribution in [0.25, 0.3) is 0 Å². The fourth-order valence-corrected chi connectivity index (χ4v) is 2.68. The average molecular weight is 292 g/mol. The number of hydrogen-bond acceptors (Lipinski definition) is 2. The van der Waals surface area contributed by atoms with Crippen LogP contribution >= 0.6 is 11.6 Å². The smallest absolute Gasteiger partial charge is 0.298 e. The van der Waals surface area contributed by atoms with Crippen molar-refractivity contribution in [1.82, 2.24) is 4.90 Å². The molecule has 4 heteroatoms. The standard InChI is InChI=1S/C16H18ClNO2/c1-3-4-16(19)18-10-13(9-15(11-18)20-2)12-5-7-14(17)8-6-12/h5-8,13,15H,9-11H2,1-2H3/t13-,15-/m1/s1. The number of rotatable bonds is 2. The first kappa shape index (κ1) is 14.9. The van der Waals surface area contributed by atoms with E-state index in [4.69, 9.17) is 16.3 Å². The van der Waals surface area contributed by atoms with Crippen LogP contribution in [0.15, 0.2) is 24.3 Å². The molecule has 3 nitrogen and oxygen atoms in total. The summed E-state index contributed by atoms with van der Waals surface area (Å²) >= 11 is 5.92. The van der Waals surface area contributed by atoms with E-state index >= 15 is 0 Å². The molecule has 0 N–H and O–H groups in total. The van der Waals surface area contributed by atoms with Crippen molar-refractivity contribution in [1.29, 1.82) is 0 Å². The van der Waals surface area contributed by atoms with Crippen LogP contribution in [-0.2, 0) is 9.53 Å². The zero-order chi connectivity index (χ0) is 14.5. The summed E-state index contributed by atoms with van der Waals surface area (Å²) in [6, 6.07) is 7.79. The van der Waals surface area contributed by atoms with Crippen LogP contribution in [0.4, 0.5) is 0 Å². The summed E-state index contributed by atoms with van der Waals surface area (Å²) in [6.45, 7) is 2.95. The van der Waals surface area contributed by atoms with E-state index < -0.39 is 0 Å². The van der Waals surface area contributed by atoms with Crippen LogP contribution in [0.3, 0.4) is 0 Å². The van der Waals surface area contributed by atoms with Gasteiger partial charge in [-0.3, -0.25) is 4.79 Å². The molecule has 0 aliphatic carbocycles. The first-order valence-electron chi connectivity index (χ1n) is 6.64. The first-order chi connectivity index (χ1) is 9.63. The molecule has 0 spiro atoms. The van der Waals surface area contributed by atoms with Crippen molar-refractivity contribution in [3.05, 3.63) is 34.9 Å². The normalized spacial score (nSPS) is 22.1. The zero-order valence-corrected chi connectivity index (χ0v) is 12.5. The first-order valence-corrected chi connectivity index (χ1v) is 7.01. The molecule has 1 aromatic carbocycles. The van der Waals surface area contributed by atoms with Gasteiger partial charge in [0.1, 0.15) is 0 Å². The van der Waals surface area contributed by atoms with Gasteiger partial charge in [-0.15, -0.1) is 0 Å². The van der Waals surface area contributed by atoms with Crippen molar-refractivity contribution in [2.45, 2.75) is 25.4 Å². The maximum absolute atomic E-state index is 12.0. The number of hydrogen-bond donors (Lipinski definition) is 0. The van der Waals surface area contributed by atoms with Gasteiger partial charge in [-0.2, -0.15) is 0 Å². The molecule has 0 radical (unpaired) electrons. The quantitative estimate of drug-likeness (QED) is 0.784. The summed E-state index contributed by atoms with van der Waals surface area (Å²) < 4.78 is 5.46. The van der Waals surface area contributed by atoms with E-state index in [0.717, 1.165) is 11.4 Å². The number of piperidine rings is 1. The number of carbonyl (C=O) groups excluding carboxylic acids is 1. The van der Waals surface area contributed by atoms with Crippen LogP contribution in [0.1, 0.15) is 24.8 Å². The molecular weight excluding hydrogens is 274 g/mol. The minimum Gasteiger partial charge on any atom is -0.380 e. The van der Waals surface area contributed by atoms with E-state index in [2.05, 4.69) is 11.8 Å². The van der Waals surface area contributed by atoms with Crippen LogP contribution < -0.4 is 0 Å². The van der Waals surface area contributed by atoms with E-state index in [1.807, 2.05) is 24.3 Å². The number of benzene rings is 1. The maximum atomic E-state index is 12.0. The van der Waals surface area contributed by atoms with Crippen molar-refractivity contribution in [3.63, 3.8) is 0 Å². The Morgan fingerprint density at radius 1 is 1.35 bits per heavy atom. The van der Waals surface area contributed by atoms with Gasteiger partial charge in [0.05, 0.1) is 6.10 Å². The molecule has 1 aliphatic heterocycles. The Bertz CT molecular complexity index is 530. The lowest BCUT2D eigenvalue weighted by Crippen LogP contribution is -2.45. The van der Waals surface area contributed by atoms with E-state index in [-0.39, 0.29) is 17.9 Å². The number of halogens is 1. The summed E-state index contributed by atoms with van der Waals surface area (Å²) in [7, 11) is 1.68. The van der Waals surface area contributed by atoms with Crippen LogP contribution in [0, 0.1) is 11.8 Å². The highest BCUT2D eigenvalue weighted by Gasteiger charge is 2.30. The lowest BCUT2D eigenvalue weighted by atomic mass is 9.89. The summed E-state index contributed by atoms with van der Waals surface area (Å²) in [5, 5.41) is 0.720. The van der Waals surface area contributed by atoms with Gasteiger partial charge < -0.3 is 9.64 Å². The van der Waals surface area contributed by atoms with Gasteiger partial charge in [-0.05, 0) is 37.0 Å². The highest BCUT2D eigenvalue weighted by atomic mass is 35.5. The predicted molar refractivity (Wildman–Crippen MR) is 79.6 cm³/mol. The van der Waals surface area contributed by atoms with Crippen molar-refractivity contribution < 1.29 is 9.53 Å². The van der Waals surface area contributed by atoms with E-state index in [1.165, 1.54) is 5.56 Å². The van der Waals surface area contributed by atoms with Crippen molar-refractivity contribution in [3.8, 4) is 11.8 Å². The molecule has 0 saturated carbocycles. The molecule has 2 atom stereocenters. The maximum Gasteiger partial charge on any atom is 0.298 e. The minimum absolute atomic E-state index is 0.0482. The molecule has 2 rings (SSSR count). The largest absolute Gasteiger partial charge is 0.380 e. The third kappa shape index (κ3) is 3.53. The summed E-state index contributed by atoms with van der Waals surface area (Å²) in [6.07, 6.45) is 0.952. The van der Waals surface area contributed by atoms with Crippen LogP contribution in [-0.4, -0.2) is 37.1 Å². The highest BCUT2D eigenvalue weighted by Crippen LogP contribution is 2.29. The molecule has 0 aromatic heterocycles. The van der Waals surface area contributed by atoms with Gasteiger partial charge in [-0.25, -0.2) is 0 Å². The van der Waals surface area contributed by atoms with Gasteiger partial charge in [-0.1, -0.05) is 29.7 Å². The Morgan fingerprint density at radius 2 is 2.05 bits per heavy atom. The summed E-state index contributed by atoms with van der Waals surface area (Å²) in [5.41, 5.74) is 1.18. The fraction of sp³-hybridized carbons (Fsp3) is 0.438. The number of methoxy groups -OCH3 is 1. The summed E-state index contributed by atoms with van der Waals surface area (Å²) in [4.78, 5) is 13.7. The van der Waals surface area contributed by atoms with Gasteiger partial charge in [0, 0.05) is 31.1 Å². The van der Waals surface area contributed by atoms with Crippen molar-refractivity contribution >= 4 is 17.5 Å². The molecule has 1 heterocycles. The molecule has 0 unspecified atom stereocenters. The van der Waals surface area contributed by atoms with Crippen LogP contribution in [0.5, 0.6) is 0 Å². The lowest BCUT2D eigenvalue weighted by Gasteiger charge is -2.36. The molecular formula is C16H18ClNO2. The Kier molecular flexibility index (Phi) is 5.05. The average Bonchev–Trinajstić information content (AvgIpc) is 2.47. The molecule has 20 heavy (non-hydrogen) atoms. The second-order valence-electron chi connectivity index (χ2n) is 4.93. The lowest BCUT2D eigenvalue weighted by molar-refractivity contribution is -0.129. The number of carbonyl (C=O) groups is 1. The Labute approximate surface area is 124 Å². The third-order valence-corrected chi connectivity index (χ3v) is 3.86. The Morgan fingerprint density at radius 3 is 2.65 bits per heavy atom. The van der Waals surface area contributed by atoms with Crippen molar-refractivity contribution in [2.75, 3.05) is 20.2 Å². The molecule has 106 valence electrons. The zero-order valence-electron chi connectivity index (χ0n) is 11.7. The monoisotopic (exact) mass is 291 g/mol. The van der Waals surface area contributed by atoms with E-state index in [1.54, 1.807) is 18.9 Å². The second-order valence-corrected chi connectivity index (χ2v) is 5.36. The third-order valence-electron chi connectivity index (χ3n) is 3.61. The SMILES string of the molecule is CC#CC(=O)N1C[C@H](OC)C[C@@H](c2ccc(Cl)cc2)C1. The van der Waals surface area contributed by atoms with Gasteiger partial charge in [0.15, 0.2) is 0 Å². The molecule has 0 bridgehead atoms. The highest BCUT2D eigenvalue weighted by molar-refractivity contribution is 6.30. The number of nitrogens with zero attached hydrogens (tertiary/aromatic N) is 1. The van der Waals surface area contributed by atoms with Crippen LogP contribution in [0.2, 0.25) is 5.02 Å². The van der Waals surface area contributed by atoms with Gasteiger partial charge >= 0.3 is 0 Å². The number of likely N-dealkylation sites (tertiary alicyclic amines) is 1. The Hall–Kier alpha value is -1.50. The number of amides is 1. The van der Waals surface area contributed by atoms with E-state index in [0.29, 0.717) is 13.1 Å². The predicted octanol–water partition coefficient (Wildman–Crippen LogP) is 2.69. The Balaban J connectivity index is 2.17. The summed E-state index contributed by atoms with van der Waals surface area (Å²) in [5.74, 6) is 5.39.